The van der Waals surface area contributed by atoms with E-state index in [9.17, 15) is 0 Å². The van der Waals surface area contributed by atoms with Crippen molar-refractivity contribution < 1.29 is 0 Å². The molecule has 0 amide bonds. The normalized spacial score (nSPS) is 12.6. The molecule has 1 aromatic carbocycles. The Morgan fingerprint density at radius 3 is 2.94 bits per heavy atom. The Bertz CT molecular complexity index is 511. The van der Waals surface area contributed by atoms with Gasteiger partial charge >= 0.3 is 0 Å². The summed E-state index contributed by atoms with van der Waals surface area (Å²) in [5.41, 5.74) is 5.73. The van der Waals surface area contributed by atoms with Crippen molar-refractivity contribution in [3.63, 3.8) is 0 Å². The summed E-state index contributed by atoms with van der Waals surface area (Å²) in [6, 6.07) is 8.35. The van der Waals surface area contributed by atoms with Crippen molar-refractivity contribution >= 4 is 32.5 Å². The molecule has 0 radical (unpaired) electrons. The Hall–Kier alpha value is -1.13. The molecule has 17 heavy (non-hydrogen) atoms. The molecule has 1 unspecified atom stereocenters. The highest BCUT2D eigenvalue weighted by atomic mass is 79.9. The highest BCUT2D eigenvalue weighted by Crippen LogP contribution is 2.27. The van der Waals surface area contributed by atoms with E-state index in [4.69, 9.17) is 5.73 Å². The lowest BCUT2D eigenvalue weighted by Crippen LogP contribution is -2.19. The molecule has 3 nitrogen and oxygen atoms in total. The van der Waals surface area contributed by atoms with Crippen LogP contribution in [0.1, 0.15) is 13.3 Å². The molecule has 2 aromatic rings. The van der Waals surface area contributed by atoms with Crippen molar-refractivity contribution in [3.05, 3.63) is 34.9 Å². The Labute approximate surface area is 110 Å². The second-order valence-corrected chi connectivity index (χ2v) is 5.04. The zero-order valence-electron chi connectivity index (χ0n) is 9.78. The van der Waals surface area contributed by atoms with Gasteiger partial charge in [0.2, 0.25) is 0 Å². The number of rotatable bonds is 4. The molecule has 1 atom stereocenters. The lowest BCUT2D eigenvalue weighted by atomic mass is 10.1. The van der Waals surface area contributed by atoms with Crippen molar-refractivity contribution in [3.8, 4) is 0 Å². The van der Waals surface area contributed by atoms with Crippen molar-refractivity contribution in [2.45, 2.75) is 19.4 Å². The van der Waals surface area contributed by atoms with E-state index in [-0.39, 0.29) is 6.04 Å². The minimum Gasteiger partial charge on any atom is -0.370 e. The van der Waals surface area contributed by atoms with E-state index >= 15 is 0 Å². The fourth-order valence-corrected chi connectivity index (χ4v) is 2.23. The average Bonchev–Trinajstić information content (AvgIpc) is 2.30. The van der Waals surface area contributed by atoms with Gasteiger partial charge in [0.1, 0.15) is 5.82 Å². The fraction of sp³-hybridized carbons (Fsp3) is 0.308. The number of hydrogen-bond donors (Lipinski definition) is 2. The number of pyridine rings is 1. The number of aromatic nitrogens is 1. The van der Waals surface area contributed by atoms with Crippen LogP contribution in [0.4, 0.5) is 5.82 Å². The Balaban J connectivity index is 2.25. The lowest BCUT2D eigenvalue weighted by Gasteiger charge is -2.10. The first-order chi connectivity index (χ1) is 8.18. The highest BCUT2D eigenvalue weighted by molar-refractivity contribution is 9.10. The zero-order valence-corrected chi connectivity index (χ0v) is 11.4. The van der Waals surface area contributed by atoms with Gasteiger partial charge in [-0.05, 0) is 25.5 Å². The molecule has 0 bridgehead atoms. The van der Waals surface area contributed by atoms with Crippen molar-refractivity contribution in [2.24, 2.45) is 5.73 Å². The van der Waals surface area contributed by atoms with Crippen LogP contribution in [0.3, 0.4) is 0 Å². The van der Waals surface area contributed by atoms with Crippen LogP contribution in [0.5, 0.6) is 0 Å². The summed E-state index contributed by atoms with van der Waals surface area (Å²) in [7, 11) is 0. The average molecular weight is 294 g/mol. The van der Waals surface area contributed by atoms with Gasteiger partial charge in [0.15, 0.2) is 0 Å². The van der Waals surface area contributed by atoms with Crippen molar-refractivity contribution in [1.82, 2.24) is 4.98 Å². The quantitative estimate of drug-likeness (QED) is 0.910. The molecule has 1 aromatic heterocycles. The van der Waals surface area contributed by atoms with E-state index in [1.165, 1.54) is 5.39 Å². The number of fused-ring (bicyclic) bond motifs is 1. The van der Waals surface area contributed by atoms with Gasteiger partial charge in [0.25, 0.3) is 0 Å². The third-order valence-corrected chi connectivity index (χ3v) is 3.34. The summed E-state index contributed by atoms with van der Waals surface area (Å²) in [5, 5.41) is 5.64. The van der Waals surface area contributed by atoms with Gasteiger partial charge in [-0.25, -0.2) is 4.98 Å². The number of hydrogen-bond acceptors (Lipinski definition) is 3. The van der Waals surface area contributed by atoms with Crippen LogP contribution in [0.15, 0.2) is 34.9 Å². The van der Waals surface area contributed by atoms with Crippen molar-refractivity contribution in [1.29, 1.82) is 0 Å². The van der Waals surface area contributed by atoms with E-state index in [2.05, 4.69) is 32.3 Å². The van der Waals surface area contributed by atoms with Crippen LogP contribution >= 0.6 is 15.9 Å². The molecule has 90 valence electrons. The van der Waals surface area contributed by atoms with Gasteiger partial charge in [-0.1, -0.05) is 28.1 Å². The summed E-state index contributed by atoms with van der Waals surface area (Å²) >= 11 is 3.55. The summed E-state index contributed by atoms with van der Waals surface area (Å²) in [4.78, 5) is 4.37. The van der Waals surface area contributed by atoms with E-state index in [1.54, 1.807) is 0 Å². The summed E-state index contributed by atoms with van der Waals surface area (Å²) in [5.74, 6) is 0.921. The number of nitrogens with two attached hydrogens (primary N) is 1. The maximum absolute atomic E-state index is 5.73. The zero-order chi connectivity index (χ0) is 12.3. The van der Waals surface area contributed by atoms with Crippen LogP contribution in [-0.2, 0) is 0 Å². The van der Waals surface area contributed by atoms with E-state index in [1.807, 2.05) is 31.3 Å². The van der Waals surface area contributed by atoms with E-state index < -0.39 is 0 Å². The van der Waals surface area contributed by atoms with Crippen LogP contribution in [-0.4, -0.2) is 17.6 Å². The van der Waals surface area contributed by atoms with E-state index in [0.717, 1.165) is 28.6 Å². The second-order valence-electron chi connectivity index (χ2n) is 4.19. The van der Waals surface area contributed by atoms with Gasteiger partial charge in [-0.3, -0.25) is 0 Å². The molecule has 0 aliphatic carbocycles. The Morgan fingerprint density at radius 2 is 2.18 bits per heavy atom. The van der Waals surface area contributed by atoms with E-state index in [0.29, 0.717) is 0 Å². The third kappa shape index (κ3) is 2.96. The topological polar surface area (TPSA) is 50.9 Å². The second kappa shape index (κ2) is 5.47. The van der Waals surface area contributed by atoms with Crippen LogP contribution in [0.2, 0.25) is 0 Å². The smallest absolute Gasteiger partial charge is 0.133 e. The molecule has 0 spiro atoms. The molecule has 0 aliphatic heterocycles. The lowest BCUT2D eigenvalue weighted by molar-refractivity contribution is 0.689. The van der Waals surface area contributed by atoms with Gasteiger partial charge in [0.05, 0.1) is 0 Å². The molecule has 3 N–H and O–H groups in total. The first kappa shape index (κ1) is 12.3. The molecule has 1 heterocycles. The predicted octanol–water partition coefficient (Wildman–Crippen LogP) is 3.15. The Morgan fingerprint density at radius 1 is 1.35 bits per heavy atom. The molecule has 0 fully saturated rings. The van der Waals surface area contributed by atoms with Gasteiger partial charge < -0.3 is 11.1 Å². The summed E-state index contributed by atoms with van der Waals surface area (Å²) in [6.45, 7) is 2.85. The van der Waals surface area contributed by atoms with Gasteiger partial charge in [-0.15, -0.1) is 0 Å². The Kier molecular flexibility index (Phi) is 3.97. The SMILES string of the molecule is CC(N)CCNc1nccc2c(Br)cccc12. The molecule has 4 heteroatoms. The van der Waals surface area contributed by atoms with Gasteiger partial charge in [-0.2, -0.15) is 0 Å². The third-order valence-electron chi connectivity index (χ3n) is 2.64. The first-order valence-electron chi connectivity index (χ1n) is 5.71. The number of nitrogens with zero attached hydrogens (tertiary/aromatic N) is 1. The fourth-order valence-electron chi connectivity index (χ4n) is 1.73. The first-order valence-corrected chi connectivity index (χ1v) is 6.50. The molecular weight excluding hydrogens is 278 g/mol. The van der Waals surface area contributed by atoms with Crippen LogP contribution in [0.25, 0.3) is 10.8 Å². The number of benzene rings is 1. The summed E-state index contributed by atoms with van der Waals surface area (Å²) < 4.78 is 1.09. The maximum atomic E-state index is 5.73. The van der Waals surface area contributed by atoms with Crippen LogP contribution in [0, 0.1) is 0 Å². The molecular formula is C13H16BrN3. The molecule has 0 saturated carbocycles. The predicted molar refractivity (Wildman–Crippen MR) is 76.2 cm³/mol. The standard InChI is InChI=1S/C13H16BrN3/c1-9(15)5-7-16-13-11-3-2-4-12(14)10(11)6-8-17-13/h2-4,6,8-9H,5,7,15H2,1H3,(H,16,17). The summed E-state index contributed by atoms with van der Waals surface area (Å²) in [6.07, 6.45) is 2.76. The highest BCUT2D eigenvalue weighted by Gasteiger charge is 2.04. The molecule has 0 aliphatic rings. The minimum atomic E-state index is 0.212. The maximum Gasteiger partial charge on any atom is 0.133 e. The number of halogens is 1. The molecule has 2 rings (SSSR count). The van der Waals surface area contributed by atoms with Crippen molar-refractivity contribution in [2.75, 3.05) is 11.9 Å². The number of anilines is 1. The van der Waals surface area contributed by atoms with Gasteiger partial charge in [0, 0.05) is 34.0 Å². The molecule has 0 saturated heterocycles. The largest absolute Gasteiger partial charge is 0.370 e. The monoisotopic (exact) mass is 293 g/mol. The van der Waals surface area contributed by atoms with Crippen LogP contribution < -0.4 is 11.1 Å². The number of nitrogens with one attached hydrogen (secondary N) is 1. The minimum absolute atomic E-state index is 0.212.